The maximum Gasteiger partial charge on any atom is 0.257 e. The van der Waals surface area contributed by atoms with Gasteiger partial charge >= 0.3 is 0 Å². The molecule has 2 rings (SSSR count). The van der Waals surface area contributed by atoms with E-state index in [4.69, 9.17) is 14.9 Å². The van der Waals surface area contributed by atoms with Crippen LogP contribution in [0.25, 0.3) is 0 Å². The van der Waals surface area contributed by atoms with Gasteiger partial charge in [-0.1, -0.05) is 0 Å². The number of ether oxygens (including phenoxy) is 1. The Bertz CT molecular complexity index is 343. The zero-order valence-corrected chi connectivity index (χ0v) is 9.80. The Kier molecular flexibility index (Phi) is 4.17. The normalized spacial score (nSPS) is 17.4. The molecule has 1 saturated heterocycles. The highest BCUT2D eigenvalue weighted by molar-refractivity contribution is 5.93. The molecular formula is C12H18N2O3. The number of hydrogen-bond acceptors (Lipinski definition) is 4. The van der Waals surface area contributed by atoms with Crippen molar-refractivity contribution in [2.75, 3.05) is 26.2 Å². The number of nitrogens with two attached hydrogens (primary N) is 1. The zero-order chi connectivity index (χ0) is 12.1. The minimum absolute atomic E-state index is 0.0380. The molecule has 1 amide bonds. The number of hydrogen-bond donors (Lipinski definition) is 1. The molecule has 0 saturated carbocycles. The summed E-state index contributed by atoms with van der Waals surface area (Å²) in [6.07, 6.45) is 5.00. The van der Waals surface area contributed by atoms with Crippen LogP contribution in [0.1, 0.15) is 23.2 Å². The molecule has 0 unspecified atom stereocenters. The lowest BCUT2D eigenvalue weighted by Gasteiger charge is -2.31. The summed E-state index contributed by atoms with van der Waals surface area (Å²) in [7, 11) is 0. The van der Waals surface area contributed by atoms with Crippen molar-refractivity contribution in [1.82, 2.24) is 4.90 Å². The fourth-order valence-corrected chi connectivity index (χ4v) is 2.03. The van der Waals surface area contributed by atoms with Gasteiger partial charge in [-0.25, -0.2) is 0 Å². The third-order valence-electron chi connectivity index (χ3n) is 2.97. The Morgan fingerprint density at radius 2 is 2.29 bits per heavy atom. The van der Waals surface area contributed by atoms with Gasteiger partial charge in [0.1, 0.15) is 6.26 Å². The Labute approximate surface area is 101 Å². The number of nitrogens with zero attached hydrogens (tertiary/aromatic N) is 1. The number of carbonyl (C=O) groups is 1. The summed E-state index contributed by atoms with van der Waals surface area (Å²) < 4.78 is 10.5. The topological polar surface area (TPSA) is 68.7 Å². The summed E-state index contributed by atoms with van der Waals surface area (Å²) in [4.78, 5) is 13.8. The van der Waals surface area contributed by atoms with Crippen LogP contribution in [0.3, 0.4) is 0 Å². The summed E-state index contributed by atoms with van der Waals surface area (Å²) in [6, 6.07) is 1.69. The molecule has 1 fully saturated rings. The van der Waals surface area contributed by atoms with Crippen LogP contribution in [0, 0.1) is 0 Å². The van der Waals surface area contributed by atoms with Crippen molar-refractivity contribution >= 4 is 5.91 Å². The van der Waals surface area contributed by atoms with Crippen LogP contribution in [0.4, 0.5) is 0 Å². The molecule has 1 aliphatic rings. The second kappa shape index (κ2) is 5.84. The number of carbonyl (C=O) groups excluding carboxylic acids is 1. The van der Waals surface area contributed by atoms with E-state index in [-0.39, 0.29) is 12.0 Å². The molecule has 2 heterocycles. The number of piperidine rings is 1. The van der Waals surface area contributed by atoms with Gasteiger partial charge in [-0.15, -0.1) is 0 Å². The van der Waals surface area contributed by atoms with E-state index in [1.165, 1.54) is 12.5 Å². The lowest BCUT2D eigenvalue weighted by Crippen LogP contribution is -2.41. The van der Waals surface area contributed by atoms with Crippen LogP contribution in [0.5, 0.6) is 0 Å². The van der Waals surface area contributed by atoms with Crippen LogP contribution in [-0.2, 0) is 4.74 Å². The first kappa shape index (κ1) is 12.1. The average Bonchev–Trinajstić information content (AvgIpc) is 2.90. The first-order valence-corrected chi connectivity index (χ1v) is 5.94. The lowest BCUT2D eigenvalue weighted by atomic mass is 10.1. The molecule has 5 heteroatoms. The van der Waals surface area contributed by atoms with E-state index in [1.807, 2.05) is 4.90 Å². The Balaban J connectivity index is 1.81. The first-order chi connectivity index (χ1) is 8.31. The van der Waals surface area contributed by atoms with Gasteiger partial charge in [0.25, 0.3) is 5.91 Å². The van der Waals surface area contributed by atoms with Crippen molar-refractivity contribution in [3.05, 3.63) is 24.2 Å². The predicted octanol–water partition coefficient (Wildman–Crippen LogP) is 0.859. The largest absolute Gasteiger partial charge is 0.472 e. The van der Waals surface area contributed by atoms with E-state index >= 15 is 0 Å². The van der Waals surface area contributed by atoms with Crippen LogP contribution in [-0.4, -0.2) is 43.2 Å². The highest BCUT2D eigenvalue weighted by atomic mass is 16.5. The lowest BCUT2D eigenvalue weighted by molar-refractivity contribution is 0.0121. The third-order valence-corrected chi connectivity index (χ3v) is 2.97. The summed E-state index contributed by atoms with van der Waals surface area (Å²) in [5.41, 5.74) is 6.00. The molecule has 5 nitrogen and oxygen atoms in total. The van der Waals surface area contributed by atoms with E-state index in [2.05, 4.69) is 0 Å². The van der Waals surface area contributed by atoms with Gasteiger partial charge in [0.15, 0.2) is 0 Å². The molecule has 0 aliphatic carbocycles. The summed E-state index contributed by atoms with van der Waals surface area (Å²) in [5, 5.41) is 0. The molecule has 1 aliphatic heterocycles. The molecule has 0 aromatic carbocycles. The van der Waals surface area contributed by atoms with Gasteiger partial charge in [0.05, 0.1) is 24.5 Å². The quantitative estimate of drug-likeness (QED) is 0.844. The van der Waals surface area contributed by atoms with Gasteiger partial charge in [0, 0.05) is 19.6 Å². The third kappa shape index (κ3) is 3.08. The number of furan rings is 1. The minimum atomic E-state index is 0.0380. The maximum atomic E-state index is 12.0. The fraction of sp³-hybridized carbons (Fsp3) is 0.583. The summed E-state index contributed by atoms with van der Waals surface area (Å²) in [6.45, 7) is 2.62. The SMILES string of the molecule is NCCOC1CCN(C(=O)c2ccoc2)CC1. The maximum absolute atomic E-state index is 12.0. The molecule has 1 aromatic heterocycles. The van der Waals surface area contributed by atoms with Crippen molar-refractivity contribution in [2.45, 2.75) is 18.9 Å². The molecule has 17 heavy (non-hydrogen) atoms. The monoisotopic (exact) mass is 238 g/mol. The smallest absolute Gasteiger partial charge is 0.257 e. The van der Waals surface area contributed by atoms with Crippen LogP contribution in [0.15, 0.2) is 23.0 Å². The van der Waals surface area contributed by atoms with E-state index in [0.717, 1.165) is 25.9 Å². The standard InChI is InChI=1S/C12H18N2O3/c13-4-8-17-11-1-5-14(6-2-11)12(15)10-3-7-16-9-10/h3,7,9,11H,1-2,4-6,8,13H2. The van der Waals surface area contributed by atoms with E-state index in [9.17, 15) is 4.79 Å². The molecule has 0 bridgehead atoms. The minimum Gasteiger partial charge on any atom is -0.472 e. The number of rotatable bonds is 4. The molecule has 1 aromatic rings. The first-order valence-electron chi connectivity index (χ1n) is 5.94. The molecule has 94 valence electrons. The number of likely N-dealkylation sites (tertiary alicyclic amines) is 1. The summed E-state index contributed by atoms with van der Waals surface area (Å²) >= 11 is 0. The van der Waals surface area contributed by atoms with Gasteiger partial charge in [-0.2, -0.15) is 0 Å². The Morgan fingerprint density at radius 1 is 1.53 bits per heavy atom. The van der Waals surface area contributed by atoms with Gasteiger partial charge in [0.2, 0.25) is 0 Å². The predicted molar refractivity (Wildman–Crippen MR) is 62.6 cm³/mol. The van der Waals surface area contributed by atoms with E-state index < -0.39 is 0 Å². The van der Waals surface area contributed by atoms with E-state index in [1.54, 1.807) is 6.07 Å². The molecule has 2 N–H and O–H groups in total. The van der Waals surface area contributed by atoms with Crippen LogP contribution >= 0.6 is 0 Å². The average molecular weight is 238 g/mol. The van der Waals surface area contributed by atoms with Crippen molar-refractivity contribution in [3.8, 4) is 0 Å². The fourth-order valence-electron chi connectivity index (χ4n) is 2.03. The van der Waals surface area contributed by atoms with Crippen LogP contribution < -0.4 is 5.73 Å². The number of amides is 1. The molecule has 0 spiro atoms. The van der Waals surface area contributed by atoms with Crippen LogP contribution in [0.2, 0.25) is 0 Å². The Morgan fingerprint density at radius 3 is 2.88 bits per heavy atom. The van der Waals surface area contributed by atoms with Crippen molar-refractivity contribution in [3.63, 3.8) is 0 Å². The van der Waals surface area contributed by atoms with Gasteiger partial charge < -0.3 is 19.8 Å². The highest BCUT2D eigenvalue weighted by Crippen LogP contribution is 2.16. The second-order valence-electron chi connectivity index (χ2n) is 4.16. The van der Waals surface area contributed by atoms with E-state index in [0.29, 0.717) is 18.7 Å². The van der Waals surface area contributed by atoms with Crippen molar-refractivity contribution < 1.29 is 13.9 Å². The second-order valence-corrected chi connectivity index (χ2v) is 4.16. The van der Waals surface area contributed by atoms with Gasteiger partial charge in [-0.05, 0) is 18.9 Å². The molecular weight excluding hydrogens is 220 g/mol. The Hall–Kier alpha value is -1.33. The highest BCUT2D eigenvalue weighted by Gasteiger charge is 2.24. The van der Waals surface area contributed by atoms with Gasteiger partial charge in [-0.3, -0.25) is 4.79 Å². The van der Waals surface area contributed by atoms with Crippen molar-refractivity contribution in [1.29, 1.82) is 0 Å². The van der Waals surface area contributed by atoms with Crippen molar-refractivity contribution in [2.24, 2.45) is 5.73 Å². The zero-order valence-electron chi connectivity index (χ0n) is 9.80. The summed E-state index contributed by atoms with van der Waals surface area (Å²) in [5.74, 6) is 0.0380. The molecule has 0 radical (unpaired) electrons. The molecule has 0 atom stereocenters.